The number of allylic oxidation sites excluding steroid dienone is 4. The van der Waals surface area contributed by atoms with Crippen LogP contribution in [0.4, 0.5) is 0 Å². The van der Waals surface area contributed by atoms with Gasteiger partial charge in [0.1, 0.15) is 0 Å². The second kappa shape index (κ2) is 5.54. The summed E-state index contributed by atoms with van der Waals surface area (Å²) in [6, 6.07) is 0. The predicted octanol–water partition coefficient (Wildman–Crippen LogP) is 1.71. The molecule has 0 aromatic rings. The summed E-state index contributed by atoms with van der Waals surface area (Å²) in [4.78, 5) is 0. The van der Waals surface area contributed by atoms with Gasteiger partial charge in [0.25, 0.3) is 0 Å². The van der Waals surface area contributed by atoms with Crippen LogP contribution in [0.25, 0.3) is 0 Å². The van der Waals surface area contributed by atoms with Crippen molar-refractivity contribution in [3.63, 3.8) is 0 Å². The molecule has 0 unspecified atom stereocenters. The lowest BCUT2D eigenvalue weighted by Gasteiger charge is -1.70. The predicted molar refractivity (Wildman–Crippen MR) is 34.5 cm³/mol. The topological polar surface area (TPSA) is 0 Å². The molecule has 0 aliphatic carbocycles. The van der Waals surface area contributed by atoms with Gasteiger partial charge >= 0.3 is 0 Å². The van der Waals surface area contributed by atoms with E-state index in [2.05, 4.69) is 0 Å². The van der Waals surface area contributed by atoms with Crippen molar-refractivity contribution in [1.82, 2.24) is 0 Å². The zero-order chi connectivity index (χ0) is 5.54. The van der Waals surface area contributed by atoms with E-state index in [1.54, 1.807) is 0 Å². The first-order valence-electron chi connectivity index (χ1n) is 2.39. The quantitative estimate of drug-likeness (QED) is 0.359. The molecule has 36 valence electrons. The monoisotopic (exact) mass is 92.1 g/mol. The van der Waals surface area contributed by atoms with E-state index >= 15 is 0 Å². The normalized spacial score (nSPS) is 11.6. The molecule has 0 saturated carbocycles. The van der Waals surface area contributed by atoms with E-state index in [0.29, 0.717) is 6.32 Å². The van der Waals surface area contributed by atoms with Gasteiger partial charge in [-0.05, 0) is 6.92 Å². The molecule has 0 fully saturated rings. The maximum atomic E-state index is 5.15. The van der Waals surface area contributed by atoms with Crippen LogP contribution in [0.5, 0.6) is 0 Å². The van der Waals surface area contributed by atoms with Crippen molar-refractivity contribution in [2.75, 3.05) is 0 Å². The molecule has 7 heavy (non-hydrogen) atoms. The van der Waals surface area contributed by atoms with Gasteiger partial charge in [-0.3, -0.25) is 0 Å². The van der Waals surface area contributed by atoms with Crippen LogP contribution in [0, 0.1) is 0 Å². The maximum absolute atomic E-state index is 5.15. The molecule has 0 spiro atoms. The summed E-state index contributed by atoms with van der Waals surface area (Å²) < 4.78 is 0. The zero-order valence-corrected chi connectivity index (χ0v) is 4.59. The van der Waals surface area contributed by atoms with E-state index in [9.17, 15) is 0 Å². The highest BCUT2D eigenvalue weighted by atomic mass is 13.6. The Balaban J connectivity index is 3.09. The standard InChI is InChI=1S/C6H9B/c1-2-3-4-5-6-7/h2-5H,6H2,1H3/b3-2-,5-4-. The van der Waals surface area contributed by atoms with E-state index in [-0.39, 0.29) is 0 Å². The van der Waals surface area contributed by atoms with E-state index in [0.717, 1.165) is 0 Å². The Morgan fingerprint density at radius 2 is 2.14 bits per heavy atom. The minimum atomic E-state index is 0.629. The highest BCUT2D eigenvalue weighted by Gasteiger charge is 1.58. The summed E-state index contributed by atoms with van der Waals surface area (Å²) in [5.74, 6) is 0. The number of rotatable bonds is 2. The van der Waals surface area contributed by atoms with Crippen molar-refractivity contribution in [3.8, 4) is 0 Å². The van der Waals surface area contributed by atoms with Crippen molar-refractivity contribution in [1.29, 1.82) is 0 Å². The van der Waals surface area contributed by atoms with Crippen molar-refractivity contribution in [2.24, 2.45) is 0 Å². The van der Waals surface area contributed by atoms with Gasteiger partial charge < -0.3 is 0 Å². The van der Waals surface area contributed by atoms with Crippen LogP contribution in [0.3, 0.4) is 0 Å². The van der Waals surface area contributed by atoms with Crippen LogP contribution in [-0.4, -0.2) is 7.85 Å². The van der Waals surface area contributed by atoms with Gasteiger partial charge in [0.15, 0.2) is 0 Å². The molecule has 0 aliphatic heterocycles. The first-order chi connectivity index (χ1) is 3.41. The van der Waals surface area contributed by atoms with Gasteiger partial charge in [0.05, 0.1) is 7.85 Å². The van der Waals surface area contributed by atoms with E-state index < -0.39 is 0 Å². The van der Waals surface area contributed by atoms with Crippen molar-refractivity contribution in [2.45, 2.75) is 13.2 Å². The van der Waals surface area contributed by atoms with Crippen LogP contribution in [-0.2, 0) is 0 Å². The maximum Gasteiger partial charge on any atom is 0.0708 e. The SMILES string of the molecule is [B]C/C=C\C=C/C. The second-order valence-electron chi connectivity index (χ2n) is 1.19. The lowest BCUT2D eigenvalue weighted by molar-refractivity contribution is 1.67. The van der Waals surface area contributed by atoms with Crippen molar-refractivity contribution in [3.05, 3.63) is 24.3 Å². The fourth-order valence-electron chi connectivity index (χ4n) is 0.268. The first kappa shape index (κ1) is 6.54. The van der Waals surface area contributed by atoms with Crippen molar-refractivity contribution < 1.29 is 0 Å². The second-order valence-corrected chi connectivity index (χ2v) is 1.19. The average molecular weight is 92.0 g/mol. The van der Waals surface area contributed by atoms with Gasteiger partial charge in [-0.1, -0.05) is 30.6 Å². The summed E-state index contributed by atoms with van der Waals surface area (Å²) in [5.41, 5.74) is 0. The number of hydrogen-bond donors (Lipinski definition) is 0. The molecule has 0 aliphatic rings. The fraction of sp³-hybridized carbons (Fsp3) is 0.333. The molecule has 0 nitrogen and oxygen atoms in total. The average Bonchev–Trinajstić information content (AvgIpc) is 1.69. The summed E-state index contributed by atoms with van der Waals surface area (Å²) in [6.07, 6.45) is 8.38. The zero-order valence-electron chi connectivity index (χ0n) is 4.59. The smallest absolute Gasteiger partial charge is 0.0708 e. The molecule has 2 radical (unpaired) electrons. The number of hydrogen-bond acceptors (Lipinski definition) is 0. The third-order valence-electron chi connectivity index (χ3n) is 0.576. The highest BCUT2D eigenvalue weighted by Crippen LogP contribution is 1.77. The van der Waals surface area contributed by atoms with Gasteiger partial charge in [0.2, 0.25) is 0 Å². The molecular weight excluding hydrogens is 82.9 g/mol. The molecule has 0 aromatic heterocycles. The highest BCUT2D eigenvalue weighted by molar-refractivity contribution is 6.09. The molecule has 0 saturated heterocycles. The van der Waals surface area contributed by atoms with Crippen molar-refractivity contribution >= 4 is 7.85 Å². The van der Waals surface area contributed by atoms with E-state index in [4.69, 9.17) is 7.85 Å². The van der Waals surface area contributed by atoms with Crippen LogP contribution in [0.1, 0.15) is 6.92 Å². The summed E-state index contributed by atoms with van der Waals surface area (Å²) in [7, 11) is 5.15. The van der Waals surface area contributed by atoms with E-state index in [1.165, 1.54) is 0 Å². The Morgan fingerprint density at radius 3 is 2.57 bits per heavy atom. The Morgan fingerprint density at radius 1 is 1.43 bits per heavy atom. The third-order valence-corrected chi connectivity index (χ3v) is 0.576. The molecule has 0 N–H and O–H groups in total. The van der Waals surface area contributed by atoms with Gasteiger partial charge in [-0.25, -0.2) is 0 Å². The molecular formula is C6H9B. The van der Waals surface area contributed by atoms with Crippen LogP contribution in [0.15, 0.2) is 24.3 Å². The Bertz CT molecular complexity index is 72.2. The molecule has 0 amide bonds. The van der Waals surface area contributed by atoms with Gasteiger partial charge in [-0.2, -0.15) is 0 Å². The summed E-state index contributed by atoms with van der Waals surface area (Å²) in [6.45, 7) is 1.97. The summed E-state index contributed by atoms with van der Waals surface area (Å²) >= 11 is 0. The van der Waals surface area contributed by atoms with Gasteiger partial charge in [0, 0.05) is 0 Å². The molecule has 0 rings (SSSR count). The molecule has 0 bridgehead atoms. The van der Waals surface area contributed by atoms with E-state index in [1.807, 2.05) is 31.2 Å². The van der Waals surface area contributed by atoms with Crippen LogP contribution in [0.2, 0.25) is 6.32 Å². The van der Waals surface area contributed by atoms with Gasteiger partial charge in [-0.15, -0.1) is 0 Å². The molecule has 0 aromatic carbocycles. The molecule has 0 heterocycles. The molecule has 0 atom stereocenters. The summed E-state index contributed by atoms with van der Waals surface area (Å²) in [5, 5.41) is 0. The molecule has 1 heteroatoms. The van der Waals surface area contributed by atoms with Crippen LogP contribution < -0.4 is 0 Å². The largest absolute Gasteiger partial charge is 0.0931 e. The fourth-order valence-corrected chi connectivity index (χ4v) is 0.268. The minimum Gasteiger partial charge on any atom is -0.0931 e. The third kappa shape index (κ3) is 5.54. The Labute approximate surface area is 46.3 Å². The Hall–Kier alpha value is -0.455. The van der Waals surface area contributed by atoms with Crippen LogP contribution >= 0.6 is 0 Å². The lowest BCUT2D eigenvalue weighted by atomic mass is 10.1. The minimum absolute atomic E-state index is 0.629. The Kier molecular flexibility index (Phi) is 5.18. The first-order valence-corrected chi connectivity index (χ1v) is 2.39. The lowest BCUT2D eigenvalue weighted by Crippen LogP contribution is -1.54.